The zero-order valence-electron chi connectivity index (χ0n) is 11.7. The molecule has 1 aliphatic rings. The lowest BCUT2D eigenvalue weighted by Crippen LogP contribution is -2.22. The Bertz CT molecular complexity index is 421. The van der Waals surface area contributed by atoms with Gasteiger partial charge >= 0.3 is 0 Å². The van der Waals surface area contributed by atoms with Crippen LogP contribution in [0.25, 0.3) is 0 Å². The summed E-state index contributed by atoms with van der Waals surface area (Å²) in [6.45, 7) is 7.77. The molecule has 1 N–H and O–H groups in total. The van der Waals surface area contributed by atoms with Gasteiger partial charge in [-0.05, 0) is 43.1 Å². The number of rotatable bonds is 5. The Kier molecular flexibility index (Phi) is 5.34. The minimum absolute atomic E-state index is 0.651. The zero-order valence-corrected chi connectivity index (χ0v) is 12.4. The first-order chi connectivity index (χ1) is 9.16. The van der Waals surface area contributed by atoms with E-state index in [0.717, 1.165) is 31.7 Å². The molecular weight excluding hydrogens is 262 g/mol. The molecule has 4 heteroatoms. The predicted molar refractivity (Wildman–Crippen MR) is 78.5 cm³/mol. The predicted octanol–water partition coefficient (Wildman–Crippen LogP) is 3.29. The summed E-state index contributed by atoms with van der Waals surface area (Å²) in [7, 11) is 0. The first kappa shape index (κ1) is 14.5. The third kappa shape index (κ3) is 4.29. The van der Waals surface area contributed by atoms with Gasteiger partial charge in [0, 0.05) is 6.42 Å². The molecule has 0 saturated carbocycles. The molecule has 0 fully saturated rings. The van der Waals surface area contributed by atoms with Gasteiger partial charge in [-0.25, -0.2) is 0 Å². The minimum atomic E-state index is 0.651. The van der Waals surface area contributed by atoms with Crippen LogP contribution in [-0.2, 0) is 6.42 Å². The van der Waals surface area contributed by atoms with E-state index in [-0.39, 0.29) is 0 Å². The molecule has 0 bridgehead atoms. The molecule has 19 heavy (non-hydrogen) atoms. The largest absolute Gasteiger partial charge is 0.489 e. The van der Waals surface area contributed by atoms with Crippen molar-refractivity contribution in [3.63, 3.8) is 0 Å². The van der Waals surface area contributed by atoms with E-state index >= 15 is 0 Å². The van der Waals surface area contributed by atoms with E-state index in [1.165, 1.54) is 5.56 Å². The Hall–Kier alpha value is -0.930. The molecule has 0 unspecified atom stereocenters. The monoisotopic (exact) mass is 283 g/mol. The van der Waals surface area contributed by atoms with Crippen molar-refractivity contribution in [2.45, 2.75) is 26.7 Å². The molecule has 0 saturated heterocycles. The second-order valence-electron chi connectivity index (χ2n) is 5.30. The van der Waals surface area contributed by atoms with Gasteiger partial charge in [0.2, 0.25) is 0 Å². The highest BCUT2D eigenvalue weighted by atomic mass is 35.5. The van der Waals surface area contributed by atoms with Gasteiger partial charge in [-0.2, -0.15) is 0 Å². The fraction of sp³-hybridized carbons (Fsp3) is 0.600. The molecule has 1 heterocycles. The summed E-state index contributed by atoms with van der Waals surface area (Å²) in [5.74, 6) is 2.15. The molecule has 1 aromatic rings. The summed E-state index contributed by atoms with van der Waals surface area (Å²) < 4.78 is 11.3. The van der Waals surface area contributed by atoms with Gasteiger partial charge in [0.05, 0.1) is 18.2 Å². The molecule has 1 aliphatic heterocycles. The van der Waals surface area contributed by atoms with Crippen LogP contribution in [0.4, 0.5) is 0 Å². The summed E-state index contributed by atoms with van der Waals surface area (Å²) in [4.78, 5) is 0. The summed E-state index contributed by atoms with van der Waals surface area (Å²) in [6, 6.07) is 4.02. The van der Waals surface area contributed by atoms with Crippen LogP contribution in [0.15, 0.2) is 12.1 Å². The van der Waals surface area contributed by atoms with Crippen molar-refractivity contribution in [2.75, 3.05) is 26.3 Å². The quantitative estimate of drug-likeness (QED) is 0.841. The average Bonchev–Trinajstić information content (AvgIpc) is 2.60. The smallest absolute Gasteiger partial charge is 0.179 e. The Morgan fingerprint density at radius 1 is 1.26 bits per heavy atom. The van der Waals surface area contributed by atoms with Crippen molar-refractivity contribution in [3.05, 3.63) is 22.7 Å². The summed E-state index contributed by atoms with van der Waals surface area (Å²) in [6.07, 6.45) is 1.85. The molecule has 2 rings (SSSR count). The summed E-state index contributed by atoms with van der Waals surface area (Å²) in [5, 5.41) is 4.08. The van der Waals surface area contributed by atoms with Crippen LogP contribution in [0.3, 0.4) is 0 Å². The van der Waals surface area contributed by atoms with Gasteiger partial charge in [0.15, 0.2) is 11.5 Å². The van der Waals surface area contributed by atoms with Crippen molar-refractivity contribution in [2.24, 2.45) is 5.92 Å². The lowest BCUT2D eigenvalue weighted by Gasteiger charge is -2.12. The normalized spacial score (nSPS) is 14.5. The van der Waals surface area contributed by atoms with E-state index in [0.29, 0.717) is 29.9 Å². The third-order valence-corrected chi connectivity index (χ3v) is 3.29. The molecule has 0 spiro atoms. The first-order valence-corrected chi connectivity index (χ1v) is 7.33. The van der Waals surface area contributed by atoms with Crippen molar-refractivity contribution >= 4 is 11.6 Å². The van der Waals surface area contributed by atoms with Crippen LogP contribution in [0.2, 0.25) is 5.02 Å². The van der Waals surface area contributed by atoms with Gasteiger partial charge in [0.25, 0.3) is 0 Å². The van der Waals surface area contributed by atoms with Crippen molar-refractivity contribution in [1.82, 2.24) is 5.32 Å². The van der Waals surface area contributed by atoms with Crippen molar-refractivity contribution in [1.29, 1.82) is 0 Å². The van der Waals surface area contributed by atoms with Crippen molar-refractivity contribution in [3.8, 4) is 11.5 Å². The van der Waals surface area contributed by atoms with E-state index in [2.05, 4.69) is 19.2 Å². The van der Waals surface area contributed by atoms with Crippen LogP contribution >= 0.6 is 11.6 Å². The SMILES string of the molecule is CC(C)CNCCc1cc(Cl)c2c(c1)OCCCO2. The number of fused-ring (bicyclic) bond motifs is 1. The van der Waals surface area contributed by atoms with E-state index < -0.39 is 0 Å². The average molecular weight is 284 g/mol. The van der Waals surface area contributed by atoms with Gasteiger partial charge < -0.3 is 14.8 Å². The third-order valence-electron chi connectivity index (χ3n) is 3.00. The van der Waals surface area contributed by atoms with Crippen LogP contribution in [0, 0.1) is 5.92 Å². The first-order valence-electron chi connectivity index (χ1n) is 6.95. The van der Waals surface area contributed by atoms with Crippen LogP contribution in [-0.4, -0.2) is 26.3 Å². The second-order valence-corrected chi connectivity index (χ2v) is 5.71. The van der Waals surface area contributed by atoms with Crippen LogP contribution < -0.4 is 14.8 Å². The Labute approximate surface area is 120 Å². The highest BCUT2D eigenvalue weighted by Crippen LogP contribution is 2.37. The molecule has 0 aromatic heterocycles. The lowest BCUT2D eigenvalue weighted by atomic mass is 10.1. The lowest BCUT2D eigenvalue weighted by molar-refractivity contribution is 0.297. The molecular formula is C15H22ClNO2. The Balaban J connectivity index is 1.98. The number of hydrogen-bond acceptors (Lipinski definition) is 3. The molecule has 3 nitrogen and oxygen atoms in total. The highest BCUT2D eigenvalue weighted by molar-refractivity contribution is 6.32. The van der Waals surface area contributed by atoms with Gasteiger partial charge in [-0.15, -0.1) is 0 Å². The fourth-order valence-corrected chi connectivity index (χ4v) is 2.34. The molecule has 0 amide bonds. The molecule has 0 radical (unpaired) electrons. The molecule has 0 atom stereocenters. The molecule has 1 aromatic carbocycles. The van der Waals surface area contributed by atoms with E-state index in [4.69, 9.17) is 21.1 Å². The van der Waals surface area contributed by atoms with Crippen LogP contribution in [0.1, 0.15) is 25.8 Å². The number of hydrogen-bond donors (Lipinski definition) is 1. The zero-order chi connectivity index (χ0) is 13.7. The summed E-state index contributed by atoms with van der Waals surface area (Å²) >= 11 is 6.26. The van der Waals surface area contributed by atoms with E-state index in [9.17, 15) is 0 Å². The van der Waals surface area contributed by atoms with Gasteiger partial charge in [-0.3, -0.25) is 0 Å². The second kappa shape index (κ2) is 7.01. The molecule has 106 valence electrons. The van der Waals surface area contributed by atoms with E-state index in [1.54, 1.807) is 0 Å². The summed E-state index contributed by atoms with van der Waals surface area (Å²) in [5.41, 5.74) is 1.19. The van der Waals surface area contributed by atoms with Gasteiger partial charge in [-0.1, -0.05) is 25.4 Å². The number of ether oxygens (including phenoxy) is 2. The maximum Gasteiger partial charge on any atom is 0.179 e. The topological polar surface area (TPSA) is 30.5 Å². The minimum Gasteiger partial charge on any atom is -0.489 e. The maximum atomic E-state index is 6.26. The van der Waals surface area contributed by atoms with E-state index in [1.807, 2.05) is 12.1 Å². The Morgan fingerprint density at radius 2 is 2.05 bits per heavy atom. The number of benzene rings is 1. The van der Waals surface area contributed by atoms with Crippen LogP contribution in [0.5, 0.6) is 11.5 Å². The fourth-order valence-electron chi connectivity index (χ4n) is 2.05. The highest BCUT2D eigenvalue weighted by Gasteiger charge is 2.15. The number of nitrogens with one attached hydrogen (secondary N) is 1. The van der Waals surface area contributed by atoms with Gasteiger partial charge in [0.1, 0.15) is 0 Å². The van der Waals surface area contributed by atoms with Crippen molar-refractivity contribution < 1.29 is 9.47 Å². The standard InChI is InChI=1S/C15H22ClNO2/c1-11(2)10-17-5-4-12-8-13(16)15-14(9-12)18-6-3-7-19-15/h8-9,11,17H,3-7,10H2,1-2H3. The maximum absolute atomic E-state index is 6.26. The Morgan fingerprint density at radius 3 is 2.84 bits per heavy atom. The molecule has 0 aliphatic carbocycles. The number of halogens is 1.